The first kappa shape index (κ1) is 10.7. The summed E-state index contributed by atoms with van der Waals surface area (Å²) < 4.78 is 5.36. The van der Waals surface area contributed by atoms with Crippen LogP contribution in [0.15, 0.2) is 17.5 Å². The predicted molar refractivity (Wildman–Crippen MR) is 67.3 cm³/mol. The molecule has 88 valence electrons. The lowest BCUT2D eigenvalue weighted by Crippen LogP contribution is -2.25. The number of nitrogens with one attached hydrogen (secondary N) is 1. The predicted octanol–water partition coefficient (Wildman–Crippen LogP) is 1.86. The first-order chi connectivity index (χ1) is 8.38. The topological polar surface area (TPSA) is 47.0 Å². The number of hydrogen-bond donors (Lipinski definition) is 1. The molecule has 0 unspecified atom stereocenters. The Labute approximate surface area is 104 Å². The van der Waals surface area contributed by atoms with E-state index < -0.39 is 0 Å². The average molecular weight is 247 g/mol. The average Bonchev–Trinajstić information content (AvgIpc) is 2.91. The Morgan fingerprint density at radius 3 is 3.12 bits per heavy atom. The summed E-state index contributed by atoms with van der Waals surface area (Å²) in [6.45, 7) is 1.76. The maximum atomic E-state index is 5.36. The third-order valence-electron chi connectivity index (χ3n) is 2.83. The molecule has 0 spiro atoms. The summed E-state index contributed by atoms with van der Waals surface area (Å²) in [5.41, 5.74) is 2.21. The third kappa shape index (κ3) is 1.92. The van der Waals surface area contributed by atoms with Crippen LogP contribution in [-0.2, 0) is 13.0 Å². The summed E-state index contributed by atoms with van der Waals surface area (Å²) in [5.74, 6) is 1.48. The van der Waals surface area contributed by atoms with Crippen molar-refractivity contribution in [1.29, 1.82) is 0 Å². The summed E-state index contributed by atoms with van der Waals surface area (Å²) in [7, 11) is 1.66. The first-order valence-corrected chi connectivity index (χ1v) is 6.45. The van der Waals surface area contributed by atoms with Crippen LogP contribution < -0.4 is 10.1 Å². The van der Waals surface area contributed by atoms with Crippen molar-refractivity contribution < 1.29 is 4.74 Å². The molecular weight excluding hydrogens is 234 g/mol. The minimum atomic E-state index is 0.700. The smallest absolute Gasteiger partial charge is 0.221 e. The number of rotatable bonds is 2. The van der Waals surface area contributed by atoms with Crippen LogP contribution >= 0.6 is 11.3 Å². The van der Waals surface area contributed by atoms with Gasteiger partial charge in [-0.05, 0) is 11.4 Å². The molecule has 0 aromatic carbocycles. The van der Waals surface area contributed by atoms with Gasteiger partial charge in [0.1, 0.15) is 0 Å². The minimum Gasteiger partial charge on any atom is -0.481 e. The molecule has 1 N–H and O–H groups in total. The zero-order valence-electron chi connectivity index (χ0n) is 9.56. The Morgan fingerprint density at radius 2 is 2.35 bits per heavy atom. The fraction of sp³-hybridized carbons (Fsp3) is 0.333. The third-order valence-corrected chi connectivity index (χ3v) is 3.70. The Hall–Kier alpha value is -1.46. The van der Waals surface area contributed by atoms with Crippen LogP contribution in [0.4, 0.5) is 0 Å². The van der Waals surface area contributed by atoms with E-state index in [-0.39, 0.29) is 0 Å². The molecule has 4 nitrogen and oxygen atoms in total. The van der Waals surface area contributed by atoms with Crippen LogP contribution in [0.2, 0.25) is 0 Å². The lowest BCUT2D eigenvalue weighted by Gasteiger charge is -2.18. The molecule has 2 aromatic rings. The molecule has 5 heteroatoms. The SMILES string of the molecule is COc1nc(-c2cccs2)nc2c1CNCC2. The van der Waals surface area contributed by atoms with Crippen molar-refractivity contribution in [3.05, 3.63) is 28.8 Å². The summed E-state index contributed by atoms with van der Waals surface area (Å²) in [4.78, 5) is 10.2. The Balaban J connectivity index is 2.12. The second-order valence-corrected chi connectivity index (χ2v) is 4.83. The fourth-order valence-corrected chi connectivity index (χ4v) is 2.65. The van der Waals surface area contributed by atoms with Gasteiger partial charge in [0, 0.05) is 25.1 Å². The second kappa shape index (κ2) is 4.43. The van der Waals surface area contributed by atoms with Gasteiger partial charge in [-0.15, -0.1) is 11.3 Å². The van der Waals surface area contributed by atoms with E-state index in [1.54, 1.807) is 18.4 Å². The summed E-state index contributed by atoms with van der Waals surface area (Å²) in [6.07, 6.45) is 0.937. The molecule has 3 heterocycles. The van der Waals surface area contributed by atoms with Gasteiger partial charge >= 0.3 is 0 Å². The maximum Gasteiger partial charge on any atom is 0.221 e. The van der Waals surface area contributed by atoms with E-state index in [9.17, 15) is 0 Å². The number of thiophene rings is 1. The van der Waals surface area contributed by atoms with Gasteiger partial charge in [-0.2, -0.15) is 4.98 Å². The summed E-state index contributed by atoms with van der Waals surface area (Å²) >= 11 is 1.65. The van der Waals surface area contributed by atoms with E-state index in [0.717, 1.165) is 41.5 Å². The minimum absolute atomic E-state index is 0.700. The van der Waals surface area contributed by atoms with Gasteiger partial charge < -0.3 is 10.1 Å². The maximum absolute atomic E-state index is 5.36. The van der Waals surface area contributed by atoms with Gasteiger partial charge in [0.15, 0.2) is 5.82 Å². The van der Waals surface area contributed by atoms with Crippen LogP contribution in [0.5, 0.6) is 5.88 Å². The molecule has 3 rings (SSSR count). The van der Waals surface area contributed by atoms with Crippen molar-refractivity contribution >= 4 is 11.3 Å². The zero-order chi connectivity index (χ0) is 11.7. The molecule has 0 bridgehead atoms. The Kier molecular flexibility index (Phi) is 2.78. The van der Waals surface area contributed by atoms with E-state index >= 15 is 0 Å². The van der Waals surface area contributed by atoms with Gasteiger partial charge in [-0.1, -0.05) is 6.07 Å². The Morgan fingerprint density at radius 1 is 1.41 bits per heavy atom. The highest BCUT2D eigenvalue weighted by atomic mass is 32.1. The van der Waals surface area contributed by atoms with Crippen molar-refractivity contribution in [2.45, 2.75) is 13.0 Å². The standard InChI is InChI=1S/C12H13N3OS/c1-16-12-8-7-13-5-4-9(8)14-11(15-12)10-3-2-6-17-10/h2-3,6,13H,4-5,7H2,1H3. The lowest BCUT2D eigenvalue weighted by molar-refractivity contribution is 0.386. The van der Waals surface area contributed by atoms with Crippen molar-refractivity contribution in [3.8, 4) is 16.6 Å². The van der Waals surface area contributed by atoms with E-state index in [1.807, 2.05) is 17.5 Å². The highest BCUT2D eigenvalue weighted by molar-refractivity contribution is 7.13. The molecule has 1 aliphatic rings. The van der Waals surface area contributed by atoms with E-state index in [0.29, 0.717) is 5.88 Å². The highest BCUT2D eigenvalue weighted by Crippen LogP contribution is 2.28. The number of hydrogen-bond acceptors (Lipinski definition) is 5. The van der Waals surface area contributed by atoms with E-state index in [4.69, 9.17) is 4.74 Å². The molecule has 0 atom stereocenters. The molecule has 0 saturated heterocycles. The van der Waals surface area contributed by atoms with Gasteiger partial charge in [-0.25, -0.2) is 4.98 Å². The summed E-state index contributed by atoms with van der Waals surface area (Å²) in [6, 6.07) is 4.05. The molecular formula is C12H13N3OS. The Bertz CT molecular complexity index is 508. The molecule has 0 saturated carbocycles. The molecule has 2 aromatic heterocycles. The van der Waals surface area contributed by atoms with Crippen LogP contribution in [0.1, 0.15) is 11.3 Å². The number of aromatic nitrogens is 2. The molecule has 0 radical (unpaired) electrons. The van der Waals surface area contributed by atoms with E-state index in [2.05, 4.69) is 15.3 Å². The van der Waals surface area contributed by atoms with Gasteiger partial charge in [-0.3, -0.25) is 0 Å². The molecule has 17 heavy (non-hydrogen) atoms. The largest absolute Gasteiger partial charge is 0.481 e. The second-order valence-electron chi connectivity index (χ2n) is 3.89. The van der Waals surface area contributed by atoms with Gasteiger partial charge in [0.05, 0.1) is 17.7 Å². The van der Waals surface area contributed by atoms with Crippen molar-refractivity contribution in [1.82, 2.24) is 15.3 Å². The summed E-state index contributed by atoms with van der Waals surface area (Å²) in [5, 5.41) is 5.35. The highest BCUT2D eigenvalue weighted by Gasteiger charge is 2.18. The van der Waals surface area contributed by atoms with Crippen LogP contribution in [0.25, 0.3) is 10.7 Å². The van der Waals surface area contributed by atoms with Crippen molar-refractivity contribution in [2.24, 2.45) is 0 Å². The number of nitrogens with zero attached hydrogens (tertiary/aromatic N) is 2. The molecule has 0 aliphatic carbocycles. The molecule has 1 aliphatic heterocycles. The van der Waals surface area contributed by atoms with Crippen LogP contribution in [0, 0.1) is 0 Å². The molecule has 0 amide bonds. The van der Waals surface area contributed by atoms with E-state index in [1.165, 1.54) is 0 Å². The lowest BCUT2D eigenvalue weighted by atomic mass is 10.1. The van der Waals surface area contributed by atoms with Crippen LogP contribution in [0.3, 0.4) is 0 Å². The van der Waals surface area contributed by atoms with Crippen LogP contribution in [-0.4, -0.2) is 23.6 Å². The molecule has 0 fully saturated rings. The number of ether oxygens (including phenoxy) is 1. The quantitative estimate of drug-likeness (QED) is 0.880. The number of fused-ring (bicyclic) bond motifs is 1. The monoisotopic (exact) mass is 247 g/mol. The van der Waals surface area contributed by atoms with Gasteiger partial charge in [0.25, 0.3) is 0 Å². The first-order valence-electron chi connectivity index (χ1n) is 5.57. The van der Waals surface area contributed by atoms with Gasteiger partial charge in [0.2, 0.25) is 5.88 Å². The fourth-order valence-electron chi connectivity index (χ4n) is 2.00. The number of methoxy groups -OCH3 is 1. The van der Waals surface area contributed by atoms with Crippen molar-refractivity contribution in [2.75, 3.05) is 13.7 Å². The normalized spacial score (nSPS) is 14.4. The van der Waals surface area contributed by atoms with Crippen molar-refractivity contribution in [3.63, 3.8) is 0 Å². The zero-order valence-corrected chi connectivity index (χ0v) is 10.4.